The molecule has 1 saturated heterocycles. The van der Waals surface area contributed by atoms with Crippen molar-refractivity contribution in [3.05, 3.63) is 11.1 Å². The summed E-state index contributed by atoms with van der Waals surface area (Å²) in [5, 5.41) is 5.94. The van der Waals surface area contributed by atoms with Gasteiger partial charge in [0.1, 0.15) is 0 Å². The highest BCUT2D eigenvalue weighted by atomic mass is 16.2. The van der Waals surface area contributed by atoms with Crippen LogP contribution in [0.3, 0.4) is 0 Å². The molecule has 1 rings (SSSR count). The summed E-state index contributed by atoms with van der Waals surface area (Å²) in [6.07, 6.45) is 1.76. The second-order valence-corrected chi connectivity index (χ2v) is 4.91. The Balaban J connectivity index is 2.60. The van der Waals surface area contributed by atoms with Gasteiger partial charge in [0.15, 0.2) is 0 Å². The molecule has 0 spiro atoms. The Kier molecular flexibility index (Phi) is 6.56. The topological polar surface area (TPSA) is 61.4 Å². The van der Waals surface area contributed by atoms with Crippen molar-refractivity contribution >= 4 is 11.8 Å². The summed E-state index contributed by atoms with van der Waals surface area (Å²) in [7, 11) is 0. The van der Waals surface area contributed by atoms with Crippen LogP contribution in [0, 0.1) is 0 Å². The van der Waals surface area contributed by atoms with E-state index in [-0.39, 0.29) is 18.4 Å². The smallest absolute Gasteiger partial charge is 0.250 e. The van der Waals surface area contributed by atoms with Gasteiger partial charge in [-0.3, -0.25) is 9.59 Å². The Morgan fingerprint density at radius 1 is 1.26 bits per heavy atom. The molecule has 1 aliphatic rings. The van der Waals surface area contributed by atoms with Gasteiger partial charge < -0.3 is 15.5 Å². The molecule has 2 amide bonds. The summed E-state index contributed by atoms with van der Waals surface area (Å²) < 4.78 is 0. The van der Waals surface area contributed by atoms with Gasteiger partial charge in [-0.05, 0) is 25.3 Å². The van der Waals surface area contributed by atoms with Crippen molar-refractivity contribution in [3.8, 4) is 0 Å². The van der Waals surface area contributed by atoms with Crippen LogP contribution < -0.4 is 10.6 Å². The molecular weight excluding hydrogens is 242 g/mol. The SMILES string of the molecule is CCCNC(=O)CN(CCC)C(=O)C(C)=C1CNC1. The summed E-state index contributed by atoms with van der Waals surface area (Å²) in [5.74, 6) is -0.0850. The largest absolute Gasteiger partial charge is 0.355 e. The summed E-state index contributed by atoms with van der Waals surface area (Å²) in [6.45, 7) is 8.90. The van der Waals surface area contributed by atoms with Crippen LogP contribution in [0.15, 0.2) is 11.1 Å². The van der Waals surface area contributed by atoms with Gasteiger partial charge in [-0.1, -0.05) is 13.8 Å². The highest BCUT2D eigenvalue weighted by molar-refractivity contribution is 5.96. The molecular formula is C14H25N3O2. The Morgan fingerprint density at radius 2 is 1.95 bits per heavy atom. The van der Waals surface area contributed by atoms with Crippen molar-refractivity contribution in [2.24, 2.45) is 0 Å². The van der Waals surface area contributed by atoms with Gasteiger partial charge in [-0.15, -0.1) is 0 Å². The fourth-order valence-corrected chi connectivity index (χ4v) is 1.92. The Hall–Kier alpha value is -1.36. The third-order valence-electron chi connectivity index (χ3n) is 3.22. The lowest BCUT2D eigenvalue weighted by molar-refractivity contribution is -0.133. The summed E-state index contributed by atoms with van der Waals surface area (Å²) in [6, 6.07) is 0. The first-order chi connectivity index (χ1) is 9.10. The second-order valence-electron chi connectivity index (χ2n) is 4.91. The van der Waals surface area contributed by atoms with E-state index in [4.69, 9.17) is 0 Å². The monoisotopic (exact) mass is 267 g/mol. The number of carbonyl (C=O) groups is 2. The predicted molar refractivity (Wildman–Crippen MR) is 75.7 cm³/mol. The van der Waals surface area contributed by atoms with Gasteiger partial charge >= 0.3 is 0 Å². The molecule has 5 nitrogen and oxygen atoms in total. The van der Waals surface area contributed by atoms with Crippen LogP contribution in [0.25, 0.3) is 0 Å². The van der Waals surface area contributed by atoms with E-state index >= 15 is 0 Å². The fraction of sp³-hybridized carbons (Fsp3) is 0.714. The lowest BCUT2D eigenvalue weighted by atomic mass is 10.0. The number of amides is 2. The molecule has 2 N–H and O–H groups in total. The van der Waals surface area contributed by atoms with E-state index in [0.717, 1.165) is 37.1 Å². The zero-order valence-electron chi connectivity index (χ0n) is 12.2. The minimum absolute atomic E-state index is 0.00926. The standard InChI is InChI=1S/C14H25N3O2/c1-4-6-16-13(18)10-17(7-5-2)14(19)11(3)12-8-15-9-12/h15H,4-10H2,1-3H3,(H,16,18). The summed E-state index contributed by atoms with van der Waals surface area (Å²) in [5.41, 5.74) is 1.94. The predicted octanol–water partition coefficient (Wildman–Crippen LogP) is 0.671. The number of nitrogens with zero attached hydrogens (tertiary/aromatic N) is 1. The minimum atomic E-state index is -0.0758. The molecule has 0 aromatic carbocycles. The maximum atomic E-state index is 12.3. The first kappa shape index (κ1) is 15.7. The normalized spacial score (nSPS) is 13.7. The zero-order chi connectivity index (χ0) is 14.3. The Morgan fingerprint density at radius 3 is 2.42 bits per heavy atom. The van der Waals surface area contributed by atoms with Crippen molar-refractivity contribution < 1.29 is 9.59 Å². The average molecular weight is 267 g/mol. The van der Waals surface area contributed by atoms with Gasteiger partial charge in [0.25, 0.3) is 0 Å². The molecule has 0 radical (unpaired) electrons. The van der Waals surface area contributed by atoms with E-state index in [2.05, 4.69) is 10.6 Å². The molecule has 0 aromatic heterocycles. The van der Waals surface area contributed by atoms with Crippen LogP contribution in [0.1, 0.15) is 33.6 Å². The van der Waals surface area contributed by atoms with Crippen LogP contribution >= 0.6 is 0 Å². The Labute approximate surface area is 115 Å². The first-order valence-corrected chi connectivity index (χ1v) is 7.05. The molecule has 0 aliphatic carbocycles. The zero-order valence-corrected chi connectivity index (χ0v) is 12.2. The highest BCUT2D eigenvalue weighted by Crippen LogP contribution is 2.12. The molecule has 0 saturated carbocycles. The number of nitrogens with one attached hydrogen (secondary N) is 2. The number of hydrogen-bond acceptors (Lipinski definition) is 3. The van der Waals surface area contributed by atoms with E-state index in [1.165, 1.54) is 0 Å². The number of rotatable bonds is 7. The van der Waals surface area contributed by atoms with Crippen molar-refractivity contribution in [1.29, 1.82) is 0 Å². The van der Waals surface area contributed by atoms with Gasteiger partial charge in [0, 0.05) is 31.8 Å². The van der Waals surface area contributed by atoms with Gasteiger partial charge in [-0.25, -0.2) is 0 Å². The van der Waals surface area contributed by atoms with E-state index in [0.29, 0.717) is 13.1 Å². The molecule has 1 fully saturated rings. The number of hydrogen-bond donors (Lipinski definition) is 2. The van der Waals surface area contributed by atoms with Gasteiger partial charge in [0.2, 0.25) is 11.8 Å². The van der Waals surface area contributed by atoms with Crippen molar-refractivity contribution in [3.63, 3.8) is 0 Å². The molecule has 0 atom stereocenters. The molecule has 108 valence electrons. The van der Waals surface area contributed by atoms with Crippen molar-refractivity contribution in [2.45, 2.75) is 33.6 Å². The van der Waals surface area contributed by atoms with Crippen LogP contribution in [0.5, 0.6) is 0 Å². The maximum absolute atomic E-state index is 12.3. The van der Waals surface area contributed by atoms with E-state index < -0.39 is 0 Å². The lowest BCUT2D eigenvalue weighted by Gasteiger charge is -2.26. The summed E-state index contributed by atoms with van der Waals surface area (Å²) >= 11 is 0. The molecule has 5 heteroatoms. The lowest BCUT2D eigenvalue weighted by Crippen LogP contribution is -2.43. The third-order valence-corrected chi connectivity index (χ3v) is 3.22. The van der Waals surface area contributed by atoms with Crippen molar-refractivity contribution in [1.82, 2.24) is 15.5 Å². The Bertz CT molecular complexity index is 358. The molecule has 19 heavy (non-hydrogen) atoms. The molecule has 0 aromatic rings. The molecule has 0 bridgehead atoms. The second kappa shape index (κ2) is 7.94. The minimum Gasteiger partial charge on any atom is -0.355 e. The third kappa shape index (κ3) is 4.67. The average Bonchev–Trinajstić information content (AvgIpc) is 2.32. The first-order valence-electron chi connectivity index (χ1n) is 7.05. The van der Waals surface area contributed by atoms with Crippen molar-refractivity contribution in [2.75, 3.05) is 32.7 Å². The van der Waals surface area contributed by atoms with Crippen LogP contribution in [-0.4, -0.2) is 49.4 Å². The number of carbonyl (C=O) groups excluding carboxylic acids is 2. The van der Waals surface area contributed by atoms with E-state index in [1.54, 1.807) is 4.90 Å². The maximum Gasteiger partial charge on any atom is 0.250 e. The van der Waals surface area contributed by atoms with E-state index in [9.17, 15) is 9.59 Å². The van der Waals surface area contributed by atoms with Gasteiger partial charge in [-0.2, -0.15) is 0 Å². The fourth-order valence-electron chi connectivity index (χ4n) is 1.92. The van der Waals surface area contributed by atoms with Crippen LogP contribution in [-0.2, 0) is 9.59 Å². The quantitative estimate of drug-likeness (QED) is 0.667. The van der Waals surface area contributed by atoms with E-state index in [1.807, 2.05) is 20.8 Å². The van der Waals surface area contributed by atoms with Crippen LogP contribution in [0.4, 0.5) is 0 Å². The van der Waals surface area contributed by atoms with Crippen LogP contribution in [0.2, 0.25) is 0 Å². The highest BCUT2D eigenvalue weighted by Gasteiger charge is 2.22. The summed E-state index contributed by atoms with van der Waals surface area (Å²) in [4.78, 5) is 25.7. The van der Waals surface area contributed by atoms with Gasteiger partial charge in [0.05, 0.1) is 6.54 Å². The molecule has 1 heterocycles. The molecule has 1 aliphatic heterocycles. The molecule has 0 unspecified atom stereocenters.